The first-order valence-corrected chi connectivity index (χ1v) is 11.2. The van der Waals surface area contributed by atoms with E-state index in [9.17, 15) is 13.6 Å². The highest BCUT2D eigenvalue weighted by molar-refractivity contribution is 9.10. The smallest absolute Gasteiger partial charge is 0.276 e. The average Bonchev–Trinajstić information content (AvgIpc) is 3.45. The van der Waals surface area contributed by atoms with Gasteiger partial charge in [0.25, 0.3) is 5.91 Å². The van der Waals surface area contributed by atoms with Crippen molar-refractivity contribution in [3.63, 3.8) is 0 Å². The Bertz CT molecular complexity index is 1400. The molecule has 1 unspecified atom stereocenters. The van der Waals surface area contributed by atoms with E-state index in [-0.39, 0.29) is 28.8 Å². The first-order valence-electron chi connectivity index (χ1n) is 10.4. The Morgan fingerprint density at radius 1 is 1.21 bits per heavy atom. The number of fused-ring (bicyclic) bond motifs is 1. The molecular formula is C24H19BrF2N4O3. The van der Waals surface area contributed by atoms with Gasteiger partial charge in [0.1, 0.15) is 11.6 Å². The number of aryl methyl sites for hydroxylation is 1. The number of carbonyl (C=O) groups is 1. The van der Waals surface area contributed by atoms with E-state index in [0.29, 0.717) is 19.0 Å². The summed E-state index contributed by atoms with van der Waals surface area (Å²) in [6, 6.07) is 10.4. The number of rotatable bonds is 4. The zero-order chi connectivity index (χ0) is 24.0. The standard InChI is InChI=1S/C24H19BrF2N4O3/c1-30-24(33-2)16(10-28-30)17-11-31(12-18-14(17)4-3-5-19(18)25)23(32)21-9-22(34-29-21)15-7-6-13(26)8-20(15)27/h3-10,17H,11-12H2,1-2H3. The molecule has 0 bridgehead atoms. The van der Waals surface area contributed by atoms with Gasteiger partial charge < -0.3 is 14.2 Å². The lowest BCUT2D eigenvalue weighted by molar-refractivity contribution is 0.0713. The van der Waals surface area contributed by atoms with Gasteiger partial charge in [-0.2, -0.15) is 5.10 Å². The lowest BCUT2D eigenvalue weighted by Gasteiger charge is -2.34. The summed E-state index contributed by atoms with van der Waals surface area (Å²) >= 11 is 3.61. The lowest BCUT2D eigenvalue weighted by atomic mass is 9.85. The zero-order valence-corrected chi connectivity index (χ0v) is 19.8. The van der Waals surface area contributed by atoms with Gasteiger partial charge >= 0.3 is 0 Å². The fourth-order valence-electron chi connectivity index (χ4n) is 4.35. The molecule has 3 heterocycles. The summed E-state index contributed by atoms with van der Waals surface area (Å²) in [4.78, 5) is 15.1. The topological polar surface area (TPSA) is 73.4 Å². The molecule has 0 aliphatic carbocycles. The van der Waals surface area contributed by atoms with Crippen LogP contribution in [0, 0.1) is 11.6 Å². The van der Waals surface area contributed by atoms with E-state index >= 15 is 0 Å². The van der Waals surface area contributed by atoms with Crippen LogP contribution in [0.1, 0.15) is 33.1 Å². The largest absolute Gasteiger partial charge is 0.481 e. The summed E-state index contributed by atoms with van der Waals surface area (Å²) < 4.78 is 40.7. The van der Waals surface area contributed by atoms with Gasteiger partial charge in [0, 0.05) is 48.2 Å². The minimum absolute atomic E-state index is 0.0256. The van der Waals surface area contributed by atoms with Crippen LogP contribution in [0.3, 0.4) is 0 Å². The average molecular weight is 529 g/mol. The molecule has 2 aromatic heterocycles. The van der Waals surface area contributed by atoms with Gasteiger partial charge in [-0.25, -0.2) is 13.5 Å². The molecule has 0 spiro atoms. The van der Waals surface area contributed by atoms with Crippen LogP contribution in [0.2, 0.25) is 0 Å². The molecule has 1 amide bonds. The second-order valence-corrected chi connectivity index (χ2v) is 8.83. The highest BCUT2D eigenvalue weighted by Crippen LogP contribution is 2.40. The maximum absolute atomic E-state index is 14.2. The van der Waals surface area contributed by atoms with Crippen LogP contribution in [-0.2, 0) is 13.6 Å². The number of carbonyl (C=O) groups excluding carboxylic acids is 1. The second kappa shape index (κ2) is 8.68. The summed E-state index contributed by atoms with van der Waals surface area (Å²) in [6.45, 7) is 0.708. The normalized spacial score (nSPS) is 15.3. The third kappa shape index (κ3) is 3.77. The molecule has 0 saturated heterocycles. The molecule has 0 fully saturated rings. The second-order valence-electron chi connectivity index (χ2n) is 7.98. The number of ether oxygens (including phenoxy) is 1. The summed E-state index contributed by atoms with van der Waals surface area (Å²) in [6.07, 6.45) is 1.74. The molecule has 1 aliphatic rings. The van der Waals surface area contributed by atoms with Gasteiger partial charge in [-0.05, 0) is 29.3 Å². The van der Waals surface area contributed by atoms with Crippen LogP contribution in [-0.4, -0.2) is 39.4 Å². The van der Waals surface area contributed by atoms with Gasteiger partial charge in [-0.15, -0.1) is 0 Å². The van der Waals surface area contributed by atoms with Crippen LogP contribution in [0.4, 0.5) is 8.78 Å². The molecule has 174 valence electrons. The van der Waals surface area contributed by atoms with Gasteiger partial charge in [-0.3, -0.25) is 4.79 Å². The van der Waals surface area contributed by atoms with Crippen LogP contribution in [0.15, 0.2) is 57.7 Å². The number of methoxy groups -OCH3 is 1. The molecule has 2 aromatic carbocycles. The summed E-state index contributed by atoms with van der Waals surface area (Å²) in [5.74, 6) is -1.39. The predicted molar refractivity (Wildman–Crippen MR) is 122 cm³/mol. The number of nitrogens with zero attached hydrogens (tertiary/aromatic N) is 4. The van der Waals surface area contributed by atoms with Crippen molar-refractivity contribution in [1.29, 1.82) is 0 Å². The summed E-state index contributed by atoms with van der Waals surface area (Å²) in [5.41, 5.74) is 2.95. The molecule has 4 aromatic rings. The van der Waals surface area contributed by atoms with Gasteiger partial charge in [0.2, 0.25) is 5.88 Å². The van der Waals surface area contributed by atoms with Crippen molar-refractivity contribution >= 4 is 21.8 Å². The number of halogens is 3. The Hall–Kier alpha value is -3.53. The van der Waals surface area contributed by atoms with Crippen molar-refractivity contribution in [1.82, 2.24) is 19.8 Å². The SMILES string of the molecule is COc1c(C2CN(C(=O)c3cc(-c4ccc(F)cc4F)on3)Cc3c(Br)cccc32)cnn1C. The minimum atomic E-state index is -0.797. The molecule has 0 N–H and O–H groups in total. The van der Waals surface area contributed by atoms with Crippen molar-refractivity contribution in [3.8, 4) is 17.2 Å². The molecule has 1 aliphatic heterocycles. The minimum Gasteiger partial charge on any atom is -0.481 e. The van der Waals surface area contributed by atoms with E-state index in [4.69, 9.17) is 9.26 Å². The Balaban J connectivity index is 1.50. The van der Waals surface area contributed by atoms with Crippen LogP contribution in [0.5, 0.6) is 5.88 Å². The molecule has 0 radical (unpaired) electrons. The maximum atomic E-state index is 14.2. The Kier molecular flexibility index (Phi) is 5.68. The number of benzene rings is 2. The van der Waals surface area contributed by atoms with Gasteiger partial charge in [0.05, 0.1) is 18.9 Å². The molecule has 5 rings (SSSR count). The highest BCUT2D eigenvalue weighted by atomic mass is 79.9. The van der Waals surface area contributed by atoms with E-state index in [1.165, 1.54) is 12.1 Å². The van der Waals surface area contributed by atoms with Crippen LogP contribution in [0.25, 0.3) is 11.3 Å². The summed E-state index contributed by atoms with van der Waals surface area (Å²) in [7, 11) is 3.38. The highest BCUT2D eigenvalue weighted by Gasteiger charge is 2.34. The molecule has 1 atom stereocenters. The third-order valence-corrected chi connectivity index (χ3v) is 6.72. The van der Waals surface area contributed by atoms with Gasteiger partial charge in [0.15, 0.2) is 11.5 Å². The third-order valence-electron chi connectivity index (χ3n) is 5.98. The van der Waals surface area contributed by atoms with Crippen LogP contribution < -0.4 is 4.74 Å². The lowest BCUT2D eigenvalue weighted by Crippen LogP contribution is -2.39. The van der Waals surface area contributed by atoms with E-state index in [0.717, 1.165) is 33.3 Å². The van der Waals surface area contributed by atoms with Crippen molar-refractivity contribution < 1.29 is 22.8 Å². The fraction of sp³-hybridized carbons (Fsp3) is 0.208. The maximum Gasteiger partial charge on any atom is 0.276 e. The quantitative estimate of drug-likeness (QED) is 0.376. The zero-order valence-electron chi connectivity index (χ0n) is 18.3. The molecule has 7 nitrogen and oxygen atoms in total. The van der Waals surface area contributed by atoms with Gasteiger partial charge in [-0.1, -0.05) is 33.2 Å². The first-order chi connectivity index (χ1) is 16.4. The Labute approximate surface area is 202 Å². The van der Waals surface area contributed by atoms with E-state index in [1.807, 2.05) is 18.2 Å². The monoisotopic (exact) mass is 528 g/mol. The van der Waals surface area contributed by atoms with Crippen molar-refractivity contribution in [2.45, 2.75) is 12.5 Å². The predicted octanol–water partition coefficient (Wildman–Crippen LogP) is 4.91. The molecular weight excluding hydrogens is 510 g/mol. The fourth-order valence-corrected chi connectivity index (χ4v) is 4.86. The molecule has 34 heavy (non-hydrogen) atoms. The van der Waals surface area contributed by atoms with Crippen molar-refractivity contribution in [3.05, 3.63) is 87.2 Å². The number of hydrogen-bond donors (Lipinski definition) is 0. The number of amides is 1. The first kappa shape index (κ1) is 22.3. The van der Waals surface area contributed by atoms with Crippen LogP contribution >= 0.6 is 15.9 Å². The van der Waals surface area contributed by atoms with E-state index in [2.05, 4.69) is 26.2 Å². The number of hydrogen-bond acceptors (Lipinski definition) is 5. The Morgan fingerprint density at radius 2 is 2.03 bits per heavy atom. The number of aromatic nitrogens is 3. The van der Waals surface area contributed by atoms with Crippen molar-refractivity contribution in [2.24, 2.45) is 7.05 Å². The van der Waals surface area contributed by atoms with E-state index < -0.39 is 11.6 Å². The van der Waals surface area contributed by atoms with Crippen molar-refractivity contribution in [2.75, 3.05) is 13.7 Å². The molecule has 10 heteroatoms. The Morgan fingerprint density at radius 3 is 2.79 bits per heavy atom. The van der Waals surface area contributed by atoms with E-state index in [1.54, 1.807) is 29.9 Å². The summed E-state index contributed by atoms with van der Waals surface area (Å²) in [5, 5.41) is 8.19. The molecule has 0 saturated carbocycles.